The summed E-state index contributed by atoms with van der Waals surface area (Å²) >= 11 is 0. The standard InChI is InChI=1S/C17H19FN4O3.Na/c1-21-10-12(15(20-21)11-4-2-5-13(18)8-11)9-19-17(25)22-7-3-6-14(22)16(23)24;/h2,4-5,8,10,14H,3,6-7,9H2,1H3,(H,19,25)(H,23,24);/q;+1/p-1/t14-;/m0./s1. The molecule has 2 heterocycles. The number of rotatable bonds is 4. The second-order valence-electron chi connectivity index (χ2n) is 6.02. The molecule has 0 aliphatic carbocycles. The number of hydrogen-bond donors (Lipinski definition) is 1. The normalized spacial score (nSPS) is 16.2. The fraction of sp³-hybridized carbons (Fsp3) is 0.353. The molecule has 26 heavy (non-hydrogen) atoms. The number of urea groups is 1. The minimum atomic E-state index is -1.24. The second-order valence-corrected chi connectivity index (χ2v) is 6.02. The van der Waals surface area contributed by atoms with Crippen molar-refractivity contribution in [1.29, 1.82) is 0 Å². The molecule has 1 aromatic heterocycles. The third kappa shape index (κ3) is 4.44. The van der Waals surface area contributed by atoms with Gasteiger partial charge in [-0.1, -0.05) is 12.1 Å². The molecule has 132 valence electrons. The predicted octanol–water partition coefficient (Wildman–Crippen LogP) is -2.35. The average molecular weight is 368 g/mol. The molecule has 9 heteroatoms. The third-order valence-corrected chi connectivity index (χ3v) is 4.22. The summed E-state index contributed by atoms with van der Waals surface area (Å²) in [5.74, 6) is -1.61. The Hall–Kier alpha value is -1.90. The van der Waals surface area contributed by atoms with Gasteiger partial charge in [-0.3, -0.25) is 4.68 Å². The van der Waals surface area contributed by atoms with Crippen molar-refractivity contribution in [2.24, 2.45) is 7.05 Å². The zero-order valence-corrected chi connectivity index (χ0v) is 16.7. The van der Waals surface area contributed by atoms with Crippen LogP contribution in [0.1, 0.15) is 18.4 Å². The minimum Gasteiger partial charge on any atom is -0.548 e. The van der Waals surface area contributed by atoms with Crippen molar-refractivity contribution in [1.82, 2.24) is 20.0 Å². The smallest absolute Gasteiger partial charge is 0.548 e. The number of nitrogens with zero attached hydrogens (tertiary/aromatic N) is 3. The third-order valence-electron chi connectivity index (χ3n) is 4.22. The van der Waals surface area contributed by atoms with Crippen molar-refractivity contribution >= 4 is 12.0 Å². The Morgan fingerprint density at radius 3 is 2.88 bits per heavy atom. The van der Waals surface area contributed by atoms with Crippen LogP contribution in [0.5, 0.6) is 0 Å². The largest absolute Gasteiger partial charge is 1.00 e. The number of aliphatic carboxylic acids is 1. The van der Waals surface area contributed by atoms with E-state index in [1.165, 1.54) is 17.0 Å². The van der Waals surface area contributed by atoms with E-state index in [2.05, 4.69) is 10.4 Å². The number of aryl methyl sites for hydroxylation is 1. The molecule has 1 aromatic carbocycles. The molecule has 7 nitrogen and oxygen atoms in total. The number of nitrogens with one attached hydrogen (secondary N) is 1. The zero-order valence-electron chi connectivity index (χ0n) is 14.7. The maximum absolute atomic E-state index is 13.5. The van der Waals surface area contributed by atoms with Gasteiger partial charge in [0.2, 0.25) is 0 Å². The average Bonchev–Trinajstić information content (AvgIpc) is 3.19. The van der Waals surface area contributed by atoms with E-state index < -0.39 is 18.0 Å². The molecule has 1 aliphatic heterocycles. The van der Waals surface area contributed by atoms with Gasteiger partial charge < -0.3 is 20.1 Å². The summed E-state index contributed by atoms with van der Waals surface area (Å²) in [6.45, 7) is 0.545. The van der Waals surface area contributed by atoms with Crippen LogP contribution in [0.2, 0.25) is 0 Å². The van der Waals surface area contributed by atoms with Gasteiger partial charge in [-0.05, 0) is 25.0 Å². The number of carboxylic acids is 1. The second kappa shape index (κ2) is 8.66. The summed E-state index contributed by atoms with van der Waals surface area (Å²) in [4.78, 5) is 24.6. The molecule has 2 amide bonds. The van der Waals surface area contributed by atoms with E-state index in [4.69, 9.17) is 0 Å². The van der Waals surface area contributed by atoms with Gasteiger partial charge in [-0.15, -0.1) is 0 Å². The van der Waals surface area contributed by atoms with E-state index >= 15 is 0 Å². The van der Waals surface area contributed by atoms with Crippen LogP contribution in [0.3, 0.4) is 0 Å². The van der Waals surface area contributed by atoms with E-state index in [-0.39, 0.29) is 41.9 Å². The van der Waals surface area contributed by atoms with Crippen LogP contribution >= 0.6 is 0 Å². The Kier molecular flexibility index (Phi) is 6.80. The number of benzene rings is 1. The molecule has 0 spiro atoms. The topological polar surface area (TPSA) is 90.3 Å². The van der Waals surface area contributed by atoms with Crippen LogP contribution in [0.4, 0.5) is 9.18 Å². The van der Waals surface area contributed by atoms with Crippen molar-refractivity contribution in [3.8, 4) is 11.3 Å². The van der Waals surface area contributed by atoms with Crippen LogP contribution < -0.4 is 40.0 Å². The quantitative estimate of drug-likeness (QED) is 0.612. The van der Waals surface area contributed by atoms with E-state index in [9.17, 15) is 19.1 Å². The molecule has 1 atom stereocenters. The first-order valence-electron chi connectivity index (χ1n) is 7.99. The first-order chi connectivity index (χ1) is 12.0. The van der Waals surface area contributed by atoms with Gasteiger partial charge in [-0.25, -0.2) is 9.18 Å². The van der Waals surface area contributed by atoms with Crippen LogP contribution in [0.25, 0.3) is 11.3 Å². The van der Waals surface area contributed by atoms with Gasteiger partial charge in [-0.2, -0.15) is 5.10 Å². The predicted molar refractivity (Wildman–Crippen MR) is 85.6 cm³/mol. The van der Waals surface area contributed by atoms with Crippen LogP contribution in [-0.2, 0) is 18.4 Å². The Labute approximate surface area is 172 Å². The van der Waals surface area contributed by atoms with E-state index in [1.807, 2.05) is 0 Å². The summed E-state index contributed by atoms with van der Waals surface area (Å²) in [7, 11) is 1.74. The number of carboxylic acid groups (broad SMARTS) is 1. The van der Waals surface area contributed by atoms with E-state index in [0.717, 1.165) is 0 Å². The zero-order chi connectivity index (χ0) is 18.0. The van der Waals surface area contributed by atoms with Gasteiger partial charge in [0.1, 0.15) is 5.82 Å². The van der Waals surface area contributed by atoms with Crippen LogP contribution in [-0.4, -0.2) is 39.3 Å². The van der Waals surface area contributed by atoms with Crippen molar-refractivity contribution in [3.05, 3.63) is 41.8 Å². The molecule has 1 aliphatic rings. The van der Waals surface area contributed by atoms with Gasteiger partial charge >= 0.3 is 35.6 Å². The molecule has 1 N–H and O–H groups in total. The molecule has 0 unspecified atom stereocenters. The summed E-state index contributed by atoms with van der Waals surface area (Å²) in [5.41, 5.74) is 1.89. The fourth-order valence-electron chi connectivity index (χ4n) is 3.07. The molecule has 0 radical (unpaired) electrons. The van der Waals surface area contributed by atoms with E-state index in [1.54, 1.807) is 30.1 Å². The maximum Gasteiger partial charge on any atom is 1.00 e. The maximum atomic E-state index is 13.5. The van der Waals surface area contributed by atoms with E-state index in [0.29, 0.717) is 36.2 Å². The number of hydrogen-bond acceptors (Lipinski definition) is 4. The Morgan fingerprint density at radius 2 is 2.19 bits per heavy atom. The summed E-state index contributed by atoms with van der Waals surface area (Å²) in [5, 5.41) is 18.1. The number of halogens is 1. The summed E-state index contributed by atoms with van der Waals surface area (Å²) in [6.07, 6.45) is 2.77. The summed E-state index contributed by atoms with van der Waals surface area (Å²) < 4.78 is 15.0. The number of amides is 2. The Balaban J connectivity index is 0.00000243. The van der Waals surface area contributed by atoms with Gasteiger partial charge in [0.25, 0.3) is 0 Å². The molecule has 1 saturated heterocycles. The number of carbonyl (C=O) groups is 2. The van der Waals surface area contributed by atoms with Crippen LogP contribution in [0, 0.1) is 5.82 Å². The molecular formula is C17H18FN4NaO3. The fourth-order valence-corrected chi connectivity index (χ4v) is 3.07. The van der Waals surface area contributed by atoms with Gasteiger partial charge in [0, 0.05) is 37.5 Å². The summed E-state index contributed by atoms with van der Waals surface area (Å²) in [6, 6.07) is 4.71. The van der Waals surface area contributed by atoms with Gasteiger partial charge in [0.15, 0.2) is 0 Å². The van der Waals surface area contributed by atoms with Crippen molar-refractivity contribution in [2.45, 2.75) is 25.4 Å². The monoisotopic (exact) mass is 368 g/mol. The number of likely N-dealkylation sites (tertiary alicyclic amines) is 1. The van der Waals surface area contributed by atoms with Crippen molar-refractivity contribution in [3.63, 3.8) is 0 Å². The number of aromatic nitrogens is 2. The molecule has 0 saturated carbocycles. The molecule has 1 fully saturated rings. The first kappa shape index (κ1) is 20.4. The molecule has 0 bridgehead atoms. The molecule has 3 rings (SSSR count). The van der Waals surface area contributed by atoms with Crippen molar-refractivity contribution < 1.29 is 48.6 Å². The molecular weight excluding hydrogens is 350 g/mol. The number of carbonyl (C=O) groups excluding carboxylic acids is 2. The van der Waals surface area contributed by atoms with Gasteiger partial charge in [0.05, 0.1) is 17.7 Å². The molecule has 2 aromatic rings. The minimum absolute atomic E-state index is 0. The van der Waals surface area contributed by atoms with Crippen LogP contribution in [0.15, 0.2) is 30.5 Å². The Morgan fingerprint density at radius 1 is 1.42 bits per heavy atom. The Bertz CT molecular complexity index is 811. The first-order valence-corrected chi connectivity index (χ1v) is 7.99. The SMILES string of the molecule is Cn1cc(CNC(=O)N2CCC[C@H]2C(=O)[O-])c(-c2cccc(F)c2)n1.[Na+]. The van der Waals surface area contributed by atoms with Crippen molar-refractivity contribution in [2.75, 3.05) is 6.54 Å².